The summed E-state index contributed by atoms with van der Waals surface area (Å²) in [5, 5.41) is 13.2. The molecule has 7 heteroatoms. The molecule has 0 fully saturated rings. The van der Waals surface area contributed by atoms with Crippen LogP contribution in [-0.2, 0) is 0 Å². The summed E-state index contributed by atoms with van der Waals surface area (Å²) in [4.78, 5) is 14.7. The molecule has 0 atom stereocenters. The number of rotatable bonds is 5. The molecular weight excluding hydrogens is 615 g/mol. The molecule has 0 N–H and O–H groups in total. The minimum atomic E-state index is 0.628. The van der Waals surface area contributed by atoms with Crippen molar-refractivity contribution >= 4 is 43.6 Å². The molecular formula is C43H27N7. The van der Waals surface area contributed by atoms with Gasteiger partial charge < -0.3 is 9.13 Å². The number of aromatic nitrogens is 7. The Morgan fingerprint density at radius 3 is 1.40 bits per heavy atom. The van der Waals surface area contributed by atoms with Gasteiger partial charge >= 0.3 is 0 Å². The fraction of sp³-hybridized carbons (Fsp3) is 0. The number of benzene rings is 6. The topological polar surface area (TPSA) is 74.3 Å². The fourth-order valence-electron chi connectivity index (χ4n) is 7.15. The van der Waals surface area contributed by atoms with E-state index in [0.717, 1.165) is 60.9 Å². The maximum absolute atomic E-state index is 4.94. The van der Waals surface area contributed by atoms with Gasteiger partial charge in [-0.1, -0.05) is 97.1 Å². The summed E-state index contributed by atoms with van der Waals surface area (Å²) in [5.41, 5.74) is 9.33. The first-order valence-electron chi connectivity index (χ1n) is 16.5. The van der Waals surface area contributed by atoms with Crippen LogP contribution >= 0.6 is 0 Å². The van der Waals surface area contributed by atoms with Crippen molar-refractivity contribution in [2.75, 3.05) is 0 Å². The van der Waals surface area contributed by atoms with Crippen molar-refractivity contribution in [2.45, 2.75) is 0 Å². The van der Waals surface area contributed by atoms with Crippen LogP contribution in [0.25, 0.3) is 89.2 Å². The number of nitrogens with zero attached hydrogens (tertiary/aromatic N) is 7. The highest BCUT2D eigenvalue weighted by Gasteiger charge is 2.21. The van der Waals surface area contributed by atoms with Gasteiger partial charge in [0.25, 0.3) is 0 Å². The second-order valence-corrected chi connectivity index (χ2v) is 12.3. The third-order valence-corrected chi connectivity index (χ3v) is 9.37. The molecule has 0 amide bonds. The predicted molar refractivity (Wildman–Crippen MR) is 200 cm³/mol. The molecule has 0 bridgehead atoms. The van der Waals surface area contributed by atoms with Gasteiger partial charge in [0.05, 0.1) is 34.5 Å². The van der Waals surface area contributed by atoms with Crippen molar-refractivity contribution in [3.05, 3.63) is 164 Å². The molecule has 6 aromatic carbocycles. The van der Waals surface area contributed by atoms with Gasteiger partial charge in [0.2, 0.25) is 0 Å². The number of para-hydroxylation sites is 2. The fourth-order valence-corrected chi connectivity index (χ4v) is 7.15. The van der Waals surface area contributed by atoms with E-state index in [2.05, 4.69) is 104 Å². The Kier molecular flexibility index (Phi) is 6.35. The van der Waals surface area contributed by atoms with Crippen molar-refractivity contribution in [1.29, 1.82) is 0 Å². The Morgan fingerprint density at radius 1 is 0.320 bits per heavy atom. The summed E-state index contributed by atoms with van der Waals surface area (Å²) in [6.45, 7) is 0. The third kappa shape index (κ3) is 4.41. The van der Waals surface area contributed by atoms with E-state index in [-0.39, 0.29) is 0 Å². The second kappa shape index (κ2) is 11.3. The average molecular weight is 642 g/mol. The van der Waals surface area contributed by atoms with Gasteiger partial charge in [-0.3, -0.25) is 0 Å². The Hall–Kier alpha value is -6.99. The van der Waals surface area contributed by atoms with Gasteiger partial charge in [-0.25, -0.2) is 15.0 Å². The summed E-state index contributed by atoms with van der Waals surface area (Å²) < 4.78 is 4.62. The van der Waals surface area contributed by atoms with E-state index < -0.39 is 0 Å². The Morgan fingerprint density at radius 2 is 0.780 bits per heavy atom. The van der Waals surface area contributed by atoms with Crippen LogP contribution in [0.5, 0.6) is 0 Å². The van der Waals surface area contributed by atoms with Gasteiger partial charge in [-0.2, -0.15) is 10.2 Å². The van der Waals surface area contributed by atoms with Crippen molar-refractivity contribution < 1.29 is 0 Å². The molecule has 0 unspecified atom stereocenters. The van der Waals surface area contributed by atoms with Gasteiger partial charge in [-0.05, 0) is 54.6 Å². The van der Waals surface area contributed by atoms with Crippen molar-refractivity contribution in [3.8, 4) is 45.5 Å². The van der Waals surface area contributed by atoms with Crippen LogP contribution in [0.2, 0.25) is 0 Å². The molecule has 0 aliphatic heterocycles. The molecule has 0 spiro atoms. The number of hydrogen-bond donors (Lipinski definition) is 0. The lowest BCUT2D eigenvalue weighted by molar-refractivity contribution is 1.04. The Bertz CT molecular complexity index is 2780. The quantitative estimate of drug-likeness (QED) is 0.187. The lowest BCUT2D eigenvalue weighted by atomic mass is 10.1. The summed E-state index contributed by atoms with van der Waals surface area (Å²) in [6, 6.07) is 52.1. The smallest absolute Gasteiger partial charge is 0.164 e. The van der Waals surface area contributed by atoms with E-state index in [0.29, 0.717) is 17.5 Å². The summed E-state index contributed by atoms with van der Waals surface area (Å²) >= 11 is 0. The molecule has 10 rings (SSSR count). The third-order valence-electron chi connectivity index (χ3n) is 9.37. The first-order chi connectivity index (χ1) is 24.8. The molecule has 0 radical (unpaired) electrons. The van der Waals surface area contributed by atoms with Crippen LogP contribution in [0.15, 0.2) is 164 Å². The zero-order chi connectivity index (χ0) is 33.0. The van der Waals surface area contributed by atoms with Crippen LogP contribution in [0.1, 0.15) is 0 Å². The monoisotopic (exact) mass is 641 g/mol. The van der Waals surface area contributed by atoms with Crippen LogP contribution in [0, 0.1) is 0 Å². The van der Waals surface area contributed by atoms with Gasteiger partial charge in [0.15, 0.2) is 17.5 Å². The van der Waals surface area contributed by atoms with Crippen molar-refractivity contribution in [2.24, 2.45) is 0 Å². The zero-order valence-corrected chi connectivity index (χ0v) is 26.7. The maximum Gasteiger partial charge on any atom is 0.164 e. The van der Waals surface area contributed by atoms with E-state index >= 15 is 0 Å². The van der Waals surface area contributed by atoms with Gasteiger partial charge in [0.1, 0.15) is 0 Å². The molecule has 0 aliphatic carbocycles. The first kappa shape index (κ1) is 28.1. The highest BCUT2D eigenvalue weighted by molar-refractivity contribution is 6.28. The van der Waals surface area contributed by atoms with E-state index in [4.69, 9.17) is 15.0 Å². The summed E-state index contributed by atoms with van der Waals surface area (Å²) in [7, 11) is 0. The lowest BCUT2D eigenvalue weighted by Crippen LogP contribution is -2.00. The summed E-state index contributed by atoms with van der Waals surface area (Å²) in [5.74, 6) is 1.91. The minimum absolute atomic E-state index is 0.628. The van der Waals surface area contributed by atoms with Crippen LogP contribution < -0.4 is 0 Å². The maximum atomic E-state index is 4.94. The van der Waals surface area contributed by atoms with Crippen LogP contribution in [0.4, 0.5) is 0 Å². The van der Waals surface area contributed by atoms with Crippen molar-refractivity contribution in [1.82, 2.24) is 34.3 Å². The molecule has 50 heavy (non-hydrogen) atoms. The molecule has 4 aromatic heterocycles. The van der Waals surface area contributed by atoms with Crippen LogP contribution in [-0.4, -0.2) is 34.3 Å². The summed E-state index contributed by atoms with van der Waals surface area (Å²) in [6.07, 6.45) is 3.75. The van der Waals surface area contributed by atoms with Gasteiger partial charge in [-0.15, -0.1) is 0 Å². The molecule has 234 valence electrons. The van der Waals surface area contributed by atoms with E-state index in [1.165, 1.54) is 10.8 Å². The molecule has 0 saturated heterocycles. The molecule has 10 aromatic rings. The van der Waals surface area contributed by atoms with E-state index in [1.54, 1.807) is 0 Å². The molecule has 4 heterocycles. The largest absolute Gasteiger partial charge is 0.309 e. The molecule has 0 saturated carbocycles. The second-order valence-electron chi connectivity index (χ2n) is 12.3. The normalized spacial score (nSPS) is 11.6. The lowest BCUT2D eigenvalue weighted by Gasteiger charge is -2.11. The Balaban J connectivity index is 1.16. The van der Waals surface area contributed by atoms with Crippen molar-refractivity contribution in [3.63, 3.8) is 0 Å². The van der Waals surface area contributed by atoms with Gasteiger partial charge in [0, 0.05) is 49.6 Å². The standard InChI is InChI=1S/C43H27N7/c1-4-12-28(13-5-1)41-46-42(29-14-6-2-7-15-29)48-43(47-41)30-20-22-32(23-21-30)49-35-19-11-10-18-33(35)39-36(49)24-25-37-40(39)34-26-44-45-27-38(34)50(37)31-16-8-3-9-17-31/h1-27H. The average Bonchev–Trinajstić information content (AvgIpc) is 3.72. The van der Waals surface area contributed by atoms with Crippen LogP contribution in [0.3, 0.4) is 0 Å². The molecule has 0 aliphatic rings. The van der Waals surface area contributed by atoms with E-state index in [9.17, 15) is 0 Å². The van der Waals surface area contributed by atoms with E-state index in [1.807, 2.05) is 79.1 Å². The number of fused-ring (bicyclic) bond motifs is 7. The highest BCUT2D eigenvalue weighted by Crippen LogP contribution is 2.42. The Labute approximate surface area is 286 Å². The highest BCUT2D eigenvalue weighted by atomic mass is 15.1. The molecule has 7 nitrogen and oxygen atoms in total. The zero-order valence-electron chi connectivity index (χ0n) is 26.7. The predicted octanol–water partition coefficient (Wildman–Crippen LogP) is 9.86. The number of hydrogen-bond acceptors (Lipinski definition) is 5. The SMILES string of the molecule is c1ccc(-c2nc(-c3ccccc3)nc(-c3ccc(-n4c5ccccc5c5c6c7cnncc7n(-c7ccccc7)c6ccc54)cc3)n2)cc1. The first-order valence-corrected chi connectivity index (χ1v) is 16.5. The minimum Gasteiger partial charge on any atom is -0.309 e.